The van der Waals surface area contributed by atoms with Gasteiger partial charge in [-0.25, -0.2) is 0 Å². The highest BCUT2D eigenvalue weighted by Gasteiger charge is 2.22. The highest BCUT2D eigenvalue weighted by atomic mass is 16.5. The van der Waals surface area contributed by atoms with Crippen molar-refractivity contribution in [3.63, 3.8) is 0 Å². The van der Waals surface area contributed by atoms with Crippen LogP contribution in [0.1, 0.15) is 25.0 Å². The summed E-state index contributed by atoms with van der Waals surface area (Å²) in [5.74, 6) is 0. The zero-order chi connectivity index (χ0) is 10.6. The second-order valence-corrected chi connectivity index (χ2v) is 3.76. The third-order valence-electron chi connectivity index (χ3n) is 2.38. The Bertz CT molecular complexity index is 292. The summed E-state index contributed by atoms with van der Waals surface area (Å²) in [6, 6.07) is 7.99. The van der Waals surface area contributed by atoms with Gasteiger partial charge in [0.25, 0.3) is 0 Å². The van der Waals surface area contributed by atoms with Crippen LogP contribution in [-0.2, 0) is 16.8 Å². The van der Waals surface area contributed by atoms with Crippen molar-refractivity contribution in [1.82, 2.24) is 0 Å². The zero-order valence-corrected chi connectivity index (χ0v) is 9.08. The molecule has 1 N–H and O–H groups in total. The molecule has 2 nitrogen and oxygen atoms in total. The molecule has 0 spiro atoms. The Kier molecular flexibility index (Phi) is 3.67. The van der Waals surface area contributed by atoms with E-state index >= 15 is 0 Å². The quantitative estimate of drug-likeness (QED) is 0.795. The number of aliphatic hydroxyl groups is 1. The van der Waals surface area contributed by atoms with E-state index in [9.17, 15) is 5.11 Å². The second-order valence-electron chi connectivity index (χ2n) is 3.76. The van der Waals surface area contributed by atoms with Gasteiger partial charge in [-0.3, -0.25) is 0 Å². The van der Waals surface area contributed by atoms with Crippen molar-refractivity contribution >= 4 is 0 Å². The van der Waals surface area contributed by atoms with Crippen molar-refractivity contribution in [3.8, 4) is 0 Å². The minimum absolute atomic E-state index is 0.320. The number of aryl methyl sites for hydroxylation is 1. The van der Waals surface area contributed by atoms with Gasteiger partial charge in [-0.05, 0) is 24.5 Å². The number of rotatable bonds is 4. The molecule has 0 aliphatic heterocycles. The van der Waals surface area contributed by atoms with Crippen molar-refractivity contribution in [3.05, 3.63) is 35.4 Å². The van der Waals surface area contributed by atoms with E-state index < -0.39 is 5.60 Å². The molecule has 0 saturated carbocycles. The molecule has 1 unspecified atom stereocenters. The van der Waals surface area contributed by atoms with Crippen molar-refractivity contribution in [2.45, 2.75) is 25.9 Å². The van der Waals surface area contributed by atoms with E-state index in [-0.39, 0.29) is 0 Å². The van der Waals surface area contributed by atoms with Gasteiger partial charge in [0.15, 0.2) is 0 Å². The molecule has 0 amide bonds. The fourth-order valence-electron chi connectivity index (χ4n) is 1.49. The van der Waals surface area contributed by atoms with Gasteiger partial charge in [0, 0.05) is 7.11 Å². The first-order valence-electron chi connectivity index (χ1n) is 4.91. The first-order chi connectivity index (χ1) is 6.60. The summed E-state index contributed by atoms with van der Waals surface area (Å²) >= 11 is 0. The lowest BCUT2D eigenvalue weighted by Crippen LogP contribution is -2.27. The van der Waals surface area contributed by atoms with Gasteiger partial charge in [0.1, 0.15) is 5.60 Å². The van der Waals surface area contributed by atoms with Crippen molar-refractivity contribution in [1.29, 1.82) is 0 Å². The standard InChI is InChI=1S/C12H18O2/c1-4-10-6-5-7-11(8-10)12(2,13)9-14-3/h5-8,13H,4,9H2,1-3H3. The molecule has 0 radical (unpaired) electrons. The molecule has 0 aromatic heterocycles. The molecule has 78 valence electrons. The first-order valence-corrected chi connectivity index (χ1v) is 4.91. The highest BCUT2D eigenvalue weighted by molar-refractivity contribution is 5.27. The predicted molar refractivity (Wildman–Crippen MR) is 57.3 cm³/mol. The summed E-state index contributed by atoms with van der Waals surface area (Å²) < 4.78 is 4.98. The summed E-state index contributed by atoms with van der Waals surface area (Å²) in [4.78, 5) is 0. The lowest BCUT2D eigenvalue weighted by atomic mass is 9.95. The van der Waals surface area contributed by atoms with Gasteiger partial charge >= 0.3 is 0 Å². The summed E-state index contributed by atoms with van der Waals surface area (Å²) in [5.41, 5.74) is 1.26. The van der Waals surface area contributed by atoms with E-state index in [2.05, 4.69) is 13.0 Å². The maximum absolute atomic E-state index is 10.1. The second kappa shape index (κ2) is 4.58. The maximum Gasteiger partial charge on any atom is 0.110 e. The molecule has 1 rings (SSSR count). The Morgan fingerprint density at radius 3 is 2.71 bits per heavy atom. The summed E-state index contributed by atoms with van der Waals surface area (Å²) in [6.45, 7) is 4.19. The highest BCUT2D eigenvalue weighted by Crippen LogP contribution is 2.21. The van der Waals surface area contributed by atoms with Crippen molar-refractivity contribution < 1.29 is 9.84 Å². The van der Waals surface area contributed by atoms with Crippen LogP contribution in [-0.4, -0.2) is 18.8 Å². The number of methoxy groups -OCH3 is 1. The molecule has 0 heterocycles. The molecule has 2 heteroatoms. The topological polar surface area (TPSA) is 29.5 Å². The van der Waals surface area contributed by atoms with Crippen LogP contribution in [0.25, 0.3) is 0 Å². The smallest absolute Gasteiger partial charge is 0.110 e. The van der Waals surface area contributed by atoms with Gasteiger partial charge in [-0.2, -0.15) is 0 Å². The van der Waals surface area contributed by atoms with Crippen LogP contribution in [0.15, 0.2) is 24.3 Å². The molecular formula is C12H18O2. The average Bonchev–Trinajstić information content (AvgIpc) is 2.18. The summed E-state index contributed by atoms with van der Waals surface area (Å²) in [7, 11) is 1.60. The minimum atomic E-state index is -0.889. The SMILES string of the molecule is CCc1cccc(C(C)(O)COC)c1. The van der Waals surface area contributed by atoms with E-state index in [0.717, 1.165) is 12.0 Å². The number of ether oxygens (including phenoxy) is 1. The predicted octanol–water partition coefficient (Wildman–Crippen LogP) is 2.10. The maximum atomic E-state index is 10.1. The summed E-state index contributed by atoms with van der Waals surface area (Å²) in [5, 5.41) is 10.1. The molecule has 0 fully saturated rings. The normalized spacial score (nSPS) is 15.1. The number of benzene rings is 1. The van der Waals surface area contributed by atoms with Crippen LogP contribution in [0.2, 0.25) is 0 Å². The average molecular weight is 194 g/mol. The molecule has 14 heavy (non-hydrogen) atoms. The Morgan fingerprint density at radius 1 is 1.43 bits per heavy atom. The minimum Gasteiger partial charge on any atom is -0.383 e. The number of hydrogen-bond acceptors (Lipinski definition) is 2. The molecule has 1 aromatic rings. The molecule has 1 aromatic carbocycles. The lowest BCUT2D eigenvalue weighted by molar-refractivity contribution is -0.0208. The Balaban J connectivity index is 2.93. The van der Waals surface area contributed by atoms with Crippen LogP contribution in [0, 0.1) is 0 Å². The zero-order valence-electron chi connectivity index (χ0n) is 9.08. The monoisotopic (exact) mass is 194 g/mol. The van der Waals surface area contributed by atoms with Gasteiger partial charge in [-0.15, -0.1) is 0 Å². The molecule has 0 aliphatic carbocycles. The molecule has 0 aliphatic rings. The van der Waals surface area contributed by atoms with Gasteiger partial charge in [-0.1, -0.05) is 31.2 Å². The van der Waals surface area contributed by atoms with E-state index in [1.807, 2.05) is 18.2 Å². The van der Waals surface area contributed by atoms with Crippen LogP contribution in [0.3, 0.4) is 0 Å². The third-order valence-corrected chi connectivity index (χ3v) is 2.38. The van der Waals surface area contributed by atoms with Crippen LogP contribution >= 0.6 is 0 Å². The van der Waals surface area contributed by atoms with E-state index in [1.54, 1.807) is 14.0 Å². The van der Waals surface area contributed by atoms with Gasteiger partial charge in [0.2, 0.25) is 0 Å². The van der Waals surface area contributed by atoms with Gasteiger partial charge in [0.05, 0.1) is 6.61 Å². The van der Waals surface area contributed by atoms with Crippen LogP contribution in [0.4, 0.5) is 0 Å². The molecule has 0 saturated heterocycles. The fourth-order valence-corrected chi connectivity index (χ4v) is 1.49. The number of hydrogen-bond donors (Lipinski definition) is 1. The lowest BCUT2D eigenvalue weighted by Gasteiger charge is -2.23. The van der Waals surface area contributed by atoms with Crippen LogP contribution in [0.5, 0.6) is 0 Å². The van der Waals surface area contributed by atoms with E-state index in [4.69, 9.17) is 4.74 Å². The van der Waals surface area contributed by atoms with Gasteiger partial charge < -0.3 is 9.84 Å². The molecular weight excluding hydrogens is 176 g/mol. The summed E-state index contributed by atoms with van der Waals surface area (Å²) in [6.07, 6.45) is 0.983. The molecule has 1 atom stereocenters. The Hall–Kier alpha value is -0.860. The fraction of sp³-hybridized carbons (Fsp3) is 0.500. The van der Waals surface area contributed by atoms with Crippen LogP contribution < -0.4 is 0 Å². The van der Waals surface area contributed by atoms with E-state index in [0.29, 0.717) is 6.61 Å². The van der Waals surface area contributed by atoms with Crippen molar-refractivity contribution in [2.75, 3.05) is 13.7 Å². The third kappa shape index (κ3) is 2.56. The molecule has 0 bridgehead atoms. The Labute approximate surface area is 85.5 Å². The Morgan fingerprint density at radius 2 is 2.14 bits per heavy atom. The van der Waals surface area contributed by atoms with E-state index in [1.165, 1.54) is 5.56 Å². The largest absolute Gasteiger partial charge is 0.383 e. The van der Waals surface area contributed by atoms with Crippen molar-refractivity contribution in [2.24, 2.45) is 0 Å². The first kappa shape index (κ1) is 11.2.